The lowest BCUT2D eigenvalue weighted by molar-refractivity contribution is -0.148. The molecule has 0 aliphatic rings. The standard InChI is InChI=1S/C21H21N3O7/c1-12(20(26)30-4)31-18-16(28-2)9-13(10-17(18)29-3)11-22-24-19(25)14-7-5-6-8-15(14)23-21(24)27/h5-12H,1-4H3,(H,23,27)/t12-/m0/s1. The number of benzene rings is 2. The lowest BCUT2D eigenvalue weighted by Gasteiger charge is -2.18. The van der Waals surface area contributed by atoms with Gasteiger partial charge in [-0.2, -0.15) is 5.10 Å². The molecule has 0 aliphatic heterocycles. The van der Waals surface area contributed by atoms with Crippen molar-refractivity contribution in [2.45, 2.75) is 13.0 Å². The molecular formula is C21H21N3O7. The Morgan fingerprint density at radius 2 is 1.74 bits per heavy atom. The predicted octanol–water partition coefficient (Wildman–Crippen LogP) is 1.53. The molecule has 3 aromatic rings. The van der Waals surface area contributed by atoms with Crippen molar-refractivity contribution in [1.82, 2.24) is 9.66 Å². The number of H-pyrrole nitrogens is 1. The second kappa shape index (κ2) is 9.16. The van der Waals surface area contributed by atoms with Gasteiger partial charge in [0.2, 0.25) is 5.75 Å². The maximum atomic E-state index is 12.6. The fourth-order valence-corrected chi connectivity index (χ4v) is 2.86. The van der Waals surface area contributed by atoms with Crippen LogP contribution in [0.25, 0.3) is 10.9 Å². The van der Waals surface area contributed by atoms with Gasteiger partial charge in [0.15, 0.2) is 17.6 Å². The Bertz CT molecular complexity index is 1230. The summed E-state index contributed by atoms with van der Waals surface area (Å²) in [5.41, 5.74) is -0.341. The number of carbonyl (C=O) groups is 1. The van der Waals surface area contributed by atoms with Crippen molar-refractivity contribution < 1.29 is 23.7 Å². The summed E-state index contributed by atoms with van der Waals surface area (Å²) in [7, 11) is 4.10. The first-order valence-electron chi connectivity index (χ1n) is 9.18. The Hall–Kier alpha value is -4.08. The first-order valence-corrected chi connectivity index (χ1v) is 9.18. The van der Waals surface area contributed by atoms with Crippen LogP contribution in [-0.4, -0.2) is 49.3 Å². The molecule has 0 saturated carbocycles. The van der Waals surface area contributed by atoms with Gasteiger partial charge in [-0.05, 0) is 31.2 Å². The molecule has 0 bridgehead atoms. The minimum Gasteiger partial charge on any atom is -0.493 e. The van der Waals surface area contributed by atoms with Gasteiger partial charge in [-0.1, -0.05) is 12.1 Å². The monoisotopic (exact) mass is 427 g/mol. The molecule has 10 heteroatoms. The normalized spacial score (nSPS) is 12.0. The zero-order valence-electron chi connectivity index (χ0n) is 17.4. The number of aromatic amines is 1. The van der Waals surface area contributed by atoms with Crippen molar-refractivity contribution in [2.75, 3.05) is 21.3 Å². The number of esters is 1. The van der Waals surface area contributed by atoms with E-state index in [0.29, 0.717) is 16.5 Å². The molecule has 10 nitrogen and oxygen atoms in total. The second-order valence-corrected chi connectivity index (χ2v) is 6.38. The van der Waals surface area contributed by atoms with E-state index in [1.807, 2.05) is 0 Å². The van der Waals surface area contributed by atoms with Crippen LogP contribution in [0, 0.1) is 0 Å². The van der Waals surface area contributed by atoms with E-state index in [0.717, 1.165) is 4.68 Å². The van der Waals surface area contributed by atoms with Crippen LogP contribution in [0.1, 0.15) is 12.5 Å². The number of nitrogens with zero attached hydrogens (tertiary/aromatic N) is 2. The van der Waals surface area contributed by atoms with Crippen LogP contribution in [0.2, 0.25) is 0 Å². The SMILES string of the molecule is COC(=O)[C@H](C)Oc1c(OC)cc(C=Nn2c(=O)[nH]c3ccccc3c2=O)cc1OC. The molecule has 0 unspecified atom stereocenters. The number of carbonyl (C=O) groups excluding carboxylic acids is 1. The Morgan fingerprint density at radius 1 is 1.10 bits per heavy atom. The van der Waals surface area contributed by atoms with Crippen LogP contribution >= 0.6 is 0 Å². The summed E-state index contributed by atoms with van der Waals surface area (Å²) in [6, 6.07) is 9.77. The lowest BCUT2D eigenvalue weighted by atomic mass is 10.2. The molecule has 2 aromatic carbocycles. The summed E-state index contributed by atoms with van der Waals surface area (Å²) in [4.78, 5) is 39.2. The van der Waals surface area contributed by atoms with Crippen LogP contribution in [0.15, 0.2) is 51.1 Å². The number of fused-ring (bicyclic) bond motifs is 1. The van der Waals surface area contributed by atoms with Gasteiger partial charge in [-0.3, -0.25) is 4.79 Å². The van der Waals surface area contributed by atoms with E-state index in [9.17, 15) is 14.4 Å². The molecule has 31 heavy (non-hydrogen) atoms. The lowest BCUT2D eigenvalue weighted by Crippen LogP contribution is -2.32. The molecule has 0 fully saturated rings. The molecule has 0 radical (unpaired) electrons. The quantitative estimate of drug-likeness (QED) is 0.448. The summed E-state index contributed by atoms with van der Waals surface area (Å²) >= 11 is 0. The summed E-state index contributed by atoms with van der Waals surface area (Å²) in [5, 5.41) is 4.35. The fourth-order valence-electron chi connectivity index (χ4n) is 2.86. The Balaban J connectivity index is 2.02. The highest BCUT2D eigenvalue weighted by molar-refractivity contribution is 5.83. The number of ether oxygens (including phenoxy) is 4. The zero-order chi connectivity index (χ0) is 22.5. The number of methoxy groups -OCH3 is 3. The largest absolute Gasteiger partial charge is 0.493 e. The summed E-state index contributed by atoms with van der Waals surface area (Å²) in [6.45, 7) is 1.53. The third kappa shape index (κ3) is 4.42. The Kier molecular flexibility index (Phi) is 6.39. The van der Waals surface area contributed by atoms with E-state index in [2.05, 4.69) is 14.8 Å². The fraction of sp³-hybridized carbons (Fsp3) is 0.238. The molecule has 3 rings (SSSR count). The van der Waals surface area contributed by atoms with Crippen LogP contribution < -0.4 is 25.5 Å². The van der Waals surface area contributed by atoms with Crippen molar-refractivity contribution in [3.8, 4) is 17.2 Å². The maximum absolute atomic E-state index is 12.6. The molecule has 162 valence electrons. The first kappa shape index (κ1) is 21.6. The van der Waals surface area contributed by atoms with Crippen molar-refractivity contribution in [3.05, 3.63) is 62.8 Å². The number of aromatic nitrogens is 2. The van der Waals surface area contributed by atoms with E-state index >= 15 is 0 Å². The van der Waals surface area contributed by atoms with Gasteiger partial charge in [0, 0.05) is 5.56 Å². The number of hydrogen-bond acceptors (Lipinski definition) is 8. The predicted molar refractivity (Wildman–Crippen MR) is 113 cm³/mol. The Morgan fingerprint density at radius 3 is 2.35 bits per heavy atom. The smallest absolute Gasteiger partial charge is 0.349 e. The maximum Gasteiger partial charge on any atom is 0.349 e. The first-order chi connectivity index (χ1) is 14.9. The van der Waals surface area contributed by atoms with E-state index in [1.165, 1.54) is 34.5 Å². The molecular weight excluding hydrogens is 406 g/mol. The highest BCUT2D eigenvalue weighted by atomic mass is 16.6. The van der Waals surface area contributed by atoms with Crippen LogP contribution in [0.4, 0.5) is 0 Å². The summed E-state index contributed by atoms with van der Waals surface area (Å²) in [5.74, 6) is 0.151. The molecule has 0 aliphatic carbocycles. The van der Waals surface area contributed by atoms with Crippen molar-refractivity contribution in [1.29, 1.82) is 0 Å². The number of rotatable bonds is 7. The van der Waals surface area contributed by atoms with Crippen molar-refractivity contribution in [3.63, 3.8) is 0 Å². The van der Waals surface area contributed by atoms with Gasteiger partial charge < -0.3 is 23.9 Å². The number of hydrogen-bond donors (Lipinski definition) is 1. The summed E-state index contributed by atoms with van der Waals surface area (Å²) < 4.78 is 21.7. The Labute approximate surface area is 176 Å². The molecule has 0 saturated heterocycles. The number of para-hydroxylation sites is 1. The zero-order valence-corrected chi connectivity index (χ0v) is 17.4. The highest BCUT2D eigenvalue weighted by Gasteiger charge is 2.21. The molecule has 0 amide bonds. The van der Waals surface area contributed by atoms with Crippen LogP contribution in [0.5, 0.6) is 17.2 Å². The van der Waals surface area contributed by atoms with E-state index in [-0.39, 0.29) is 17.2 Å². The van der Waals surface area contributed by atoms with Gasteiger partial charge in [0.25, 0.3) is 5.56 Å². The van der Waals surface area contributed by atoms with Crippen molar-refractivity contribution >= 4 is 23.1 Å². The van der Waals surface area contributed by atoms with Gasteiger partial charge in [0.1, 0.15) is 0 Å². The average molecular weight is 427 g/mol. The minimum absolute atomic E-state index is 0.195. The van der Waals surface area contributed by atoms with E-state index < -0.39 is 23.3 Å². The van der Waals surface area contributed by atoms with Crippen molar-refractivity contribution in [2.24, 2.45) is 5.10 Å². The van der Waals surface area contributed by atoms with Crippen LogP contribution in [0.3, 0.4) is 0 Å². The minimum atomic E-state index is -0.901. The third-order valence-electron chi connectivity index (χ3n) is 4.42. The van der Waals surface area contributed by atoms with Gasteiger partial charge in [0.05, 0.1) is 38.4 Å². The average Bonchev–Trinajstić information content (AvgIpc) is 2.78. The highest BCUT2D eigenvalue weighted by Crippen LogP contribution is 2.39. The van der Waals surface area contributed by atoms with E-state index in [1.54, 1.807) is 36.4 Å². The molecule has 0 spiro atoms. The van der Waals surface area contributed by atoms with E-state index in [4.69, 9.17) is 14.2 Å². The third-order valence-corrected chi connectivity index (χ3v) is 4.42. The van der Waals surface area contributed by atoms with Crippen LogP contribution in [-0.2, 0) is 9.53 Å². The van der Waals surface area contributed by atoms with Gasteiger partial charge in [-0.15, -0.1) is 4.68 Å². The van der Waals surface area contributed by atoms with Gasteiger partial charge >= 0.3 is 11.7 Å². The molecule has 1 N–H and O–H groups in total. The second-order valence-electron chi connectivity index (χ2n) is 6.38. The topological polar surface area (TPSA) is 121 Å². The summed E-state index contributed by atoms with van der Waals surface area (Å²) in [6.07, 6.45) is 0.409. The molecule has 1 aromatic heterocycles. The molecule has 1 heterocycles. The van der Waals surface area contributed by atoms with Gasteiger partial charge in [-0.25, -0.2) is 9.59 Å². The number of nitrogens with one attached hydrogen (secondary N) is 1. The molecule has 1 atom stereocenters.